The molecule has 0 spiro atoms. The van der Waals surface area contributed by atoms with E-state index in [1.807, 2.05) is 0 Å². The quantitative estimate of drug-likeness (QED) is 0.698. The van der Waals surface area contributed by atoms with Gasteiger partial charge in [0.25, 0.3) is 11.9 Å². The summed E-state index contributed by atoms with van der Waals surface area (Å²) in [6, 6.07) is 5.88. The maximum absolute atomic E-state index is 12.6. The fourth-order valence-electron chi connectivity index (χ4n) is 1.16. The van der Waals surface area contributed by atoms with Gasteiger partial charge in [-0.1, -0.05) is 0 Å². The van der Waals surface area contributed by atoms with E-state index < -0.39 is 0 Å². The Morgan fingerprint density at radius 3 is 2.60 bits per heavy atom. The van der Waals surface area contributed by atoms with Gasteiger partial charge in [0.1, 0.15) is 5.82 Å². The first-order valence-corrected chi connectivity index (χ1v) is 4.40. The SMILES string of the molecule is CN1C(=O)COC1=Nc1ccc(F)cc1. The van der Waals surface area contributed by atoms with E-state index in [4.69, 9.17) is 4.74 Å². The average Bonchev–Trinajstić information content (AvgIpc) is 2.53. The van der Waals surface area contributed by atoms with Crippen molar-refractivity contribution in [3.63, 3.8) is 0 Å². The highest BCUT2D eigenvalue weighted by atomic mass is 19.1. The van der Waals surface area contributed by atoms with Crippen LogP contribution in [0, 0.1) is 5.82 Å². The number of rotatable bonds is 1. The van der Waals surface area contributed by atoms with Crippen molar-refractivity contribution in [3.8, 4) is 0 Å². The van der Waals surface area contributed by atoms with E-state index in [0.29, 0.717) is 5.69 Å². The number of aliphatic imine (C=N–C) groups is 1. The summed E-state index contributed by atoms with van der Waals surface area (Å²) in [5.41, 5.74) is 0.549. The third kappa shape index (κ3) is 1.96. The Hall–Kier alpha value is -1.91. The van der Waals surface area contributed by atoms with Crippen LogP contribution in [0.15, 0.2) is 29.3 Å². The molecule has 1 aliphatic rings. The monoisotopic (exact) mass is 208 g/mol. The second-order valence-corrected chi connectivity index (χ2v) is 3.11. The van der Waals surface area contributed by atoms with Crippen molar-refractivity contribution < 1.29 is 13.9 Å². The van der Waals surface area contributed by atoms with Crippen molar-refractivity contribution in [2.45, 2.75) is 0 Å². The van der Waals surface area contributed by atoms with E-state index in [0.717, 1.165) is 0 Å². The van der Waals surface area contributed by atoms with Crippen LogP contribution in [-0.2, 0) is 9.53 Å². The lowest BCUT2D eigenvalue weighted by atomic mass is 10.3. The molecular weight excluding hydrogens is 199 g/mol. The lowest BCUT2D eigenvalue weighted by molar-refractivity contribution is -0.124. The number of benzene rings is 1. The van der Waals surface area contributed by atoms with Gasteiger partial charge in [0.05, 0.1) is 5.69 Å². The van der Waals surface area contributed by atoms with Crippen molar-refractivity contribution in [1.82, 2.24) is 4.90 Å². The van der Waals surface area contributed by atoms with Crippen molar-refractivity contribution >= 4 is 17.6 Å². The second-order valence-electron chi connectivity index (χ2n) is 3.11. The summed E-state index contributed by atoms with van der Waals surface area (Å²) in [4.78, 5) is 16.5. The van der Waals surface area contributed by atoms with Crippen molar-refractivity contribution in [2.75, 3.05) is 13.7 Å². The van der Waals surface area contributed by atoms with Gasteiger partial charge in [-0.05, 0) is 24.3 Å². The van der Waals surface area contributed by atoms with E-state index in [-0.39, 0.29) is 24.4 Å². The predicted molar refractivity (Wildman–Crippen MR) is 52.2 cm³/mol. The molecule has 2 rings (SSSR count). The molecule has 0 N–H and O–H groups in total. The minimum atomic E-state index is -0.323. The number of hydrogen-bond acceptors (Lipinski definition) is 3. The van der Waals surface area contributed by atoms with Gasteiger partial charge < -0.3 is 4.74 Å². The van der Waals surface area contributed by atoms with Crippen LogP contribution in [0.2, 0.25) is 0 Å². The number of hydrogen-bond donors (Lipinski definition) is 0. The second kappa shape index (κ2) is 3.68. The molecule has 15 heavy (non-hydrogen) atoms. The van der Waals surface area contributed by atoms with Gasteiger partial charge >= 0.3 is 0 Å². The number of amides is 1. The van der Waals surface area contributed by atoms with Crippen LogP contribution in [0.25, 0.3) is 0 Å². The molecule has 0 aromatic heterocycles. The van der Waals surface area contributed by atoms with Crippen LogP contribution in [0.1, 0.15) is 0 Å². The molecule has 0 unspecified atom stereocenters. The Morgan fingerprint density at radius 1 is 1.40 bits per heavy atom. The minimum absolute atomic E-state index is 0.0104. The fourth-order valence-corrected chi connectivity index (χ4v) is 1.16. The summed E-state index contributed by atoms with van der Waals surface area (Å²) in [5.74, 6) is -0.466. The smallest absolute Gasteiger partial charge is 0.299 e. The number of carbonyl (C=O) groups is 1. The number of carbonyl (C=O) groups excluding carboxylic acids is 1. The Morgan fingerprint density at radius 2 is 2.07 bits per heavy atom. The minimum Gasteiger partial charge on any atom is -0.454 e. The molecule has 4 nitrogen and oxygen atoms in total. The molecule has 1 amide bonds. The first-order valence-electron chi connectivity index (χ1n) is 4.40. The third-order valence-corrected chi connectivity index (χ3v) is 2.04. The molecule has 1 saturated heterocycles. The Bertz CT molecular complexity index is 414. The zero-order valence-electron chi connectivity index (χ0n) is 8.11. The lowest BCUT2D eigenvalue weighted by Gasteiger charge is -2.05. The lowest BCUT2D eigenvalue weighted by Crippen LogP contribution is -2.24. The normalized spacial score (nSPS) is 18.4. The van der Waals surface area contributed by atoms with Gasteiger partial charge in [0.15, 0.2) is 6.61 Å². The zero-order valence-corrected chi connectivity index (χ0v) is 8.11. The summed E-state index contributed by atoms with van der Waals surface area (Å²) < 4.78 is 17.6. The number of halogens is 1. The highest BCUT2D eigenvalue weighted by Gasteiger charge is 2.24. The Balaban J connectivity index is 2.23. The standard InChI is InChI=1S/C10H9FN2O2/c1-13-9(14)6-15-10(13)12-8-4-2-7(11)3-5-8/h2-5H,6H2,1H3. The maximum atomic E-state index is 12.6. The van der Waals surface area contributed by atoms with E-state index >= 15 is 0 Å². The third-order valence-electron chi connectivity index (χ3n) is 2.04. The molecule has 1 aromatic carbocycles. The van der Waals surface area contributed by atoms with E-state index in [1.165, 1.54) is 29.2 Å². The largest absolute Gasteiger partial charge is 0.454 e. The van der Waals surface area contributed by atoms with Crippen LogP contribution >= 0.6 is 0 Å². The average molecular weight is 208 g/mol. The summed E-state index contributed by atoms with van der Waals surface area (Å²) in [6.45, 7) is 0.0104. The van der Waals surface area contributed by atoms with Crippen molar-refractivity contribution in [3.05, 3.63) is 30.1 Å². The Kier molecular flexibility index (Phi) is 2.37. The van der Waals surface area contributed by atoms with Gasteiger partial charge in [0.2, 0.25) is 0 Å². The van der Waals surface area contributed by atoms with Crippen molar-refractivity contribution in [1.29, 1.82) is 0 Å². The predicted octanol–water partition coefficient (Wildman–Crippen LogP) is 1.30. The van der Waals surface area contributed by atoms with Gasteiger partial charge in [-0.15, -0.1) is 0 Å². The molecule has 1 aliphatic heterocycles. The van der Waals surface area contributed by atoms with E-state index in [9.17, 15) is 9.18 Å². The topological polar surface area (TPSA) is 41.9 Å². The van der Waals surface area contributed by atoms with Crippen LogP contribution in [-0.4, -0.2) is 30.5 Å². The fraction of sp³-hybridized carbons (Fsp3) is 0.200. The summed E-state index contributed by atoms with van der Waals surface area (Å²) in [7, 11) is 1.58. The first-order chi connectivity index (χ1) is 7.16. The molecule has 0 bridgehead atoms. The number of likely N-dealkylation sites (N-methyl/N-ethyl adjacent to an activating group) is 1. The van der Waals surface area contributed by atoms with E-state index in [1.54, 1.807) is 7.05 Å². The molecular formula is C10H9FN2O2. The zero-order chi connectivity index (χ0) is 10.8. The summed E-state index contributed by atoms with van der Waals surface area (Å²) >= 11 is 0. The van der Waals surface area contributed by atoms with Gasteiger partial charge in [0, 0.05) is 7.05 Å². The highest BCUT2D eigenvalue weighted by Crippen LogP contribution is 2.15. The number of amidine groups is 1. The van der Waals surface area contributed by atoms with Crippen LogP contribution < -0.4 is 0 Å². The molecule has 1 aromatic rings. The van der Waals surface area contributed by atoms with Gasteiger partial charge in [-0.25, -0.2) is 4.39 Å². The molecule has 1 fully saturated rings. The molecule has 0 aliphatic carbocycles. The molecule has 1 heterocycles. The number of nitrogens with zero attached hydrogens (tertiary/aromatic N) is 2. The molecule has 0 radical (unpaired) electrons. The molecule has 5 heteroatoms. The maximum Gasteiger partial charge on any atom is 0.299 e. The highest BCUT2D eigenvalue weighted by molar-refractivity contribution is 6.00. The van der Waals surface area contributed by atoms with Crippen LogP contribution in [0.4, 0.5) is 10.1 Å². The molecule has 78 valence electrons. The summed E-state index contributed by atoms with van der Waals surface area (Å²) in [6.07, 6.45) is 0. The van der Waals surface area contributed by atoms with Gasteiger partial charge in [-0.2, -0.15) is 4.99 Å². The van der Waals surface area contributed by atoms with Crippen molar-refractivity contribution in [2.24, 2.45) is 4.99 Å². The van der Waals surface area contributed by atoms with Gasteiger partial charge in [-0.3, -0.25) is 9.69 Å². The number of ether oxygens (including phenoxy) is 1. The van der Waals surface area contributed by atoms with E-state index in [2.05, 4.69) is 4.99 Å². The van der Waals surface area contributed by atoms with Crippen LogP contribution in [0.3, 0.4) is 0 Å². The van der Waals surface area contributed by atoms with Crippen LogP contribution in [0.5, 0.6) is 0 Å². The molecule has 0 atom stereocenters. The summed E-state index contributed by atoms with van der Waals surface area (Å²) in [5, 5.41) is 0. The molecule has 0 saturated carbocycles. The first kappa shape index (κ1) is 9.64. The Labute approximate surface area is 86.0 Å².